The Balaban J connectivity index is 1.87. The molecule has 84 valence electrons. The predicted molar refractivity (Wildman–Crippen MR) is 66.3 cm³/mol. The SMILES string of the molecule is Cn1cc(CCSc2ccncc2N)cn1. The number of nitrogens with two attached hydrogens (primary N) is 1. The van der Waals surface area contributed by atoms with Gasteiger partial charge >= 0.3 is 0 Å². The van der Waals surface area contributed by atoms with Crippen molar-refractivity contribution < 1.29 is 0 Å². The molecule has 0 aromatic carbocycles. The zero-order valence-electron chi connectivity index (χ0n) is 9.13. The normalized spacial score (nSPS) is 10.6. The van der Waals surface area contributed by atoms with E-state index in [1.165, 1.54) is 5.56 Å². The van der Waals surface area contributed by atoms with Crippen LogP contribution in [-0.2, 0) is 13.5 Å². The lowest BCUT2D eigenvalue weighted by atomic mass is 10.3. The maximum absolute atomic E-state index is 5.80. The Labute approximate surface area is 98.9 Å². The smallest absolute Gasteiger partial charge is 0.0638 e. The molecule has 0 aliphatic carbocycles. The first kappa shape index (κ1) is 11.0. The Kier molecular flexibility index (Phi) is 3.46. The van der Waals surface area contributed by atoms with E-state index < -0.39 is 0 Å². The molecule has 2 aromatic heterocycles. The first-order chi connectivity index (χ1) is 7.75. The molecule has 2 rings (SSSR count). The van der Waals surface area contributed by atoms with Crippen molar-refractivity contribution in [2.24, 2.45) is 7.05 Å². The molecule has 16 heavy (non-hydrogen) atoms. The second-order valence-electron chi connectivity index (χ2n) is 3.53. The third kappa shape index (κ3) is 2.76. The van der Waals surface area contributed by atoms with Gasteiger partial charge in [0.1, 0.15) is 0 Å². The van der Waals surface area contributed by atoms with Crippen molar-refractivity contribution in [2.45, 2.75) is 11.3 Å². The lowest BCUT2D eigenvalue weighted by molar-refractivity contribution is 0.767. The van der Waals surface area contributed by atoms with Gasteiger partial charge in [0.2, 0.25) is 0 Å². The molecular weight excluding hydrogens is 220 g/mol. The number of pyridine rings is 1. The molecule has 0 unspecified atom stereocenters. The summed E-state index contributed by atoms with van der Waals surface area (Å²) in [6, 6.07) is 1.95. The molecule has 0 fully saturated rings. The minimum atomic E-state index is 0.749. The van der Waals surface area contributed by atoms with Crippen molar-refractivity contribution >= 4 is 17.4 Å². The summed E-state index contributed by atoms with van der Waals surface area (Å²) in [6.07, 6.45) is 8.39. The van der Waals surface area contributed by atoms with Gasteiger partial charge in [0, 0.05) is 30.1 Å². The summed E-state index contributed by atoms with van der Waals surface area (Å²) in [5.74, 6) is 1.000. The summed E-state index contributed by atoms with van der Waals surface area (Å²) in [5.41, 5.74) is 7.81. The van der Waals surface area contributed by atoms with Crippen LogP contribution in [0, 0.1) is 0 Å². The zero-order chi connectivity index (χ0) is 11.4. The lowest BCUT2D eigenvalue weighted by Gasteiger charge is -2.03. The molecule has 0 aliphatic heterocycles. The predicted octanol–water partition coefficient (Wildman–Crippen LogP) is 1.73. The van der Waals surface area contributed by atoms with Crippen molar-refractivity contribution in [3.8, 4) is 0 Å². The second kappa shape index (κ2) is 5.03. The summed E-state index contributed by atoms with van der Waals surface area (Å²) in [7, 11) is 1.93. The highest BCUT2D eigenvalue weighted by Crippen LogP contribution is 2.23. The van der Waals surface area contributed by atoms with Crippen LogP contribution in [0.5, 0.6) is 0 Å². The van der Waals surface area contributed by atoms with Crippen LogP contribution in [0.1, 0.15) is 5.56 Å². The van der Waals surface area contributed by atoms with Gasteiger partial charge < -0.3 is 5.73 Å². The van der Waals surface area contributed by atoms with Crippen LogP contribution in [0.4, 0.5) is 5.69 Å². The van der Waals surface area contributed by atoms with Crippen molar-refractivity contribution in [2.75, 3.05) is 11.5 Å². The quantitative estimate of drug-likeness (QED) is 0.819. The van der Waals surface area contributed by atoms with Crippen molar-refractivity contribution in [3.63, 3.8) is 0 Å². The van der Waals surface area contributed by atoms with Crippen LogP contribution in [-0.4, -0.2) is 20.5 Å². The first-order valence-corrected chi connectivity index (χ1v) is 6.04. The van der Waals surface area contributed by atoms with E-state index in [1.54, 1.807) is 24.2 Å². The number of hydrogen-bond acceptors (Lipinski definition) is 4. The standard InChI is InChI=1S/C11H14N4S/c1-15-8-9(6-14-15)3-5-16-11-2-4-13-7-10(11)12/h2,4,6-8H,3,5,12H2,1H3. The van der Waals surface area contributed by atoms with Crippen LogP contribution in [0.2, 0.25) is 0 Å². The molecule has 0 saturated heterocycles. The van der Waals surface area contributed by atoms with Gasteiger partial charge in [0.05, 0.1) is 18.1 Å². The fourth-order valence-corrected chi connectivity index (χ4v) is 2.34. The molecule has 5 heteroatoms. The fraction of sp³-hybridized carbons (Fsp3) is 0.273. The third-order valence-electron chi connectivity index (χ3n) is 2.22. The highest BCUT2D eigenvalue weighted by atomic mass is 32.2. The number of hydrogen-bond donors (Lipinski definition) is 1. The van der Waals surface area contributed by atoms with E-state index in [1.807, 2.05) is 30.2 Å². The summed E-state index contributed by atoms with van der Waals surface area (Å²) in [6.45, 7) is 0. The van der Waals surface area contributed by atoms with Crippen LogP contribution in [0.15, 0.2) is 35.7 Å². The van der Waals surface area contributed by atoms with Crippen LogP contribution < -0.4 is 5.73 Å². The number of aromatic nitrogens is 3. The van der Waals surface area contributed by atoms with E-state index in [9.17, 15) is 0 Å². The number of thioether (sulfide) groups is 1. The van der Waals surface area contributed by atoms with Crippen molar-refractivity contribution in [3.05, 3.63) is 36.4 Å². The Bertz CT molecular complexity index is 467. The van der Waals surface area contributed by atoms with Crippen LogP contribution in [0.25, 0.3) is 0 Å². The zero-order valence-corrected chi connectivity index (χ0v) is 9.94. The summed E-state index contributed by atoms with van der Waals surface area (Å²) in [5, 5.41) is 4.13. The monoisotopic (exact) mass is 234 g/mol. The average molecular weight is 234 g/mol. The first-order valence-electron chi connectivity index (χ1n) is 5.05. The molecule has 0 saturated carbocycles. The van der Waals surface area contributed by atoms with Crippen LogP contribution in [0.3, 0.4) is 0 Å². The summed E-state index contributed by atoms with van der Waals surface area (Å²) in [4.78, 5) is 5.06. The number of nitrogen functional groups attached to an aromatic ring is 1. The molecule has 4 nitrogen and oxygen atoms in total. The van der Waals surface area contributed by atoms with Gasteiger partial charge in [-0.2, -0.15) is 5.10 Å². The molecule has 2 aromatic rings. The maximum Gasteiger partial charge on any atom is 0.0638 e. The molecule has 0 bridgehead atoms. The Morgan fingerprint density at radius 1 is 1.44 bits per heavy atom. The minimum absolute atomic E-state index is 0.749. The minimum Gasteiger partial charge on any atom is -0.397 e. The average Bonchev–Trinajstić information content (AvgIpc) is 2.67. The van der Waals surface area contributed by atoms with E-state index in [0.717, 1.165) is 22.8 Å². The Hall–Kier alpha value is -1.49. The number of aryl methyl sites for hydroxylation is 2. The second-order valence-corrected chi connectivity index (χ2v) is 4.67. The molecule has 0 atom stereocenters. The van der Waals surface area contributed by atoms with Gasteiger partial charge in [-0.05, 0) is 18.1 Å². The van der Waals surface area contributed by atoms with Crippen molar-refractivity contribution in [1.82, 2.24) is 14.8 Å². The molecule has 0 spiro atoms. The molecule has 0 amide bonds. The van der Waals surface area contributed by atoms with E-state index in [4.69, 9.17) is 5.73 Å². The molecule has 0 aliphatic rings. The van der Waals surface area contributed by atoms with Gasteiger partial charge in [-0.1, -0.05) is 0 Å². The van der Waals surface area contributed by atoms with E-state index in [2.05, 4.69) is 10.1 Å². The number of rotatable bonds is 4. The fourth-order valence-electron chi connectivity index (χ4n) is 1.41. The largest absolute Gasteiger partial charge is 0.397 e. The highest BCUT2D eigenvalue weighted by molar-refractivity contribution is 7.99. The van der Waals surface area contributed by atoms with Gasteiger partial charge in [0.15, 0.2) is 0 Å². The molecule has 2 N–H and O–H groups in total. The number of nitrogens with zero attached hydrogens (tertiary/aromatic N) is 3. The molecular formula is C11H14N4S. The van der Waals surface area contributed by atoms with Gasteiger partial charge in [-0.25, -0.2) is 0 Å². The lowest BCUT2D eigenvalue weighted by Crippen LogP contribution is -1.92. The van der Waals surface area contributed by atoms with E-state index in [0.29, 0.717) is 0 Å². The van der Waals surface area contributed by atoms with E-state index in [-0.39, 0.29) is 0 Å². The molecule has 2 heterocycles. The number of anilines is 1. The summed E-state index contributed by atoms with van der Waals surface area (Å²) >= 11 is 1.75. The Morgan fingerprint density at radius 2 is 2.31 bits per heavy atom. The highest BCUT2D eigenvalue weighted by Gasteiger charge is 2.00. The van der Waals surface area contributed by atoms with Crippen molar-refractivity contribution in [1.29, 1.82) is 0 Å². The summed E-state index contributed by atoms with van der Waals surface area (Å²) < 4.78 is 1.82. The third-order valence-corrected chi connectivity index (χ3v) is 3.31. The molecule has 0 radical (unpaired) electrons. The van der Waals surface area contributed by atoms with Gasteiger partial charge in [0.25, 0.3) is 0 Å². The Morgan fingerprint density at radius 3 is 3.00 bits per heavy atom. The maximum atomic E-state index is 5.80. The van der Waals surface area contributed by atoms with E-state index >= 15 is 0 Å². The van der Waals surface area contributed by atoms with Gasteiger partial charge in [-0.3, -0.25) is 9.67 Å². The van der Waals surface area contributed by atoms with Crippen LogP contribution >= 0.6 is 11.8 Å². The topological polar surface area (TPSA) is 56.7 Å². The van der Waals surface area contributed by atoms with Gasteiger partial charge in [-0.15, -0.1) is 11.8 Å².